The van der Waals surface area contributed by atoms with Gasteiger partial charge in [0.1, 0.15) is 5.38 Å². The zero-order valence-corrected chi connectivity index (χ0v) is 11.5. The van der Waals surface area contributed by atoms with Crippen LogP contribution in [0.1, 0.15) is 11.5 Å². The molecule has 2 unspecified atom stereocenters. The molecule has 0 aromatic heterocycles. The third-order valence-electron chi connectivity index (χ3n) is 2.37. The Kier molecular flexibility index (Phi) is 3.42. The maximum absolute atomic E-state index is 11.6. The predicted octanol–water partition coefficient (Wildman–Crippen LogP) is 2.29. The molecule has 1 fully saturated rings. The number of alkyl halides is 1. The van der Waals surface area contributed by atoms with Crippen molar-refractivity contribution >= 4 is 57.6 Å². The predicted molar refractivity (Wildman–Crippen MR) is 69.7 cm³/mol. The van der Waals surface area contributed by atoms with E-state index in [-0.39, 0.29) is 0 Å². The smallest absolute Gasteiger partial charge is 0.245 e. The molecule has 84 valence electrons. The monoisotopic (exact) mass is 369 g/mol. The zero-order chi connectivity index (χ0) is 11.9. The second-order valence-corrected chi connectivity index (χ2v) is 5.52. The van der Waals surface area contributed by atoms with E-state index in [1.54, 1.807) is 12.1 Å². The van der Waals surface area contributed by atoms with Crippen molar-refractivity contribution in [3.8, 4) is 0 Å². The van der Waals surface area contributed by atoms with Crippen molar-refractivity contribution in [1.82, 2.24) is 5.32 Å². The van der Waals surface area contributed by atoms with Crippen LogP contribution in [-0.2, 0) is 9.59 Å². The zero-order valence-electron chi connectivity index (χ0n) is 7.84. The average Bonchev–Trinajstić information content (AvgIpc) is 2.43. The van der Waals surface area contributed by atoms with E-state index < -0.39 is 23.1 Å². The van der Waals surface area contributed by atoms with Gasteiger partial charge in [-0.1, -0.05) is 17.7 Å². The van der Waals surface area contributed by atoms with Crippen molar-refractivity contribution in [1.29, 1.82) is 0 Å². The second-order valence-electron chi connectivity index (χ2n) is 3.40. The summed E-state index contributed by atoms with van der Waals surface area (Å²) in [6.07, 6.45) is 0. The van der Waals surface area contributed by atoms with E-state index in [1.165, 1.54) is 0 Å². The van der Waals surface area contributed by atoms with E-state index in [0.29, 0.717) is 10.6 Å². The van der Waals surface area contributed by atoms with Crippen LogP contribution in [-0.4, -0.2) is 17.2 Å². The lowest BCUT2D eigenvalue weighted by Gasteiger charge is -2.11. The van der Waals surface area contributed by atoms with Crippen molar-refractivity contribution in [2.75, 3.05) is 0 Å². The minimum atomic E-state index is -0.884. The summed E-state index contributed by atoms with van der Waals surface area (Å²) in [6, 6.07) is 5.28. The summed E-state index contributed by atoms with van der Waals surface area (Å²) >= 11 is 14.0. The van der Waals surface area contributed by atoms with Gasteiger partial charge in [-0.15, -0.1) is 11.6 Å². The Morgan fingerprint density at radius 2 is 1.94 bits per heavy atom. The van der Waals surface area contributed by atoms with Crippen LogP contribution in [0.25, 0.3) is 0 Å². The van der Waals surface area contributed by atoms with Gasteiger partial charge in [-0.05, 0) is 40.3 Å². The molecular formula is C10H6Cl2INO2. The molecule has 1 N–H and O–H groups in total. The second kappa shape index (κ2) is 4.50. The number of carbonyl (C=O) groups is 2. The quantitative estimate of drug-likeness (QED) is 0.469. The minimum Gasteiger partial charge on any atom is -0.295 e. The van der Waals surface area contributed by atoms with Gasteiger partial charge in [-0.2, -0.15) is 0 Å². The van der Waals surface area contributed by atoms with E-state index in [2.05, 4.69) is 27.9 Å². The van der Waals surface area contributed by atoms with Crippen LogP contribution in [0, 0.1) is 3.57 Å². The normalized spacial score (nSPS) is 24.7. The molecule has 6 heteroatoms. The number of amides is 2. The molecule has 0 radical (unpaired) electrons. The first kappa shape index (κ1) is 12.1. The summed E-state index contributed by atoms with van der Waals surface area (Å²) in [7, 11) is 0. The van der Waals surface area contributed by atoms with Gasteiger partial charge in [-0.25, -0.2) is 0 Å². The molecule has 1 aliphatic rings. The lowest BCUT2D eigenvalue weighted by atomic mass is 9.97. The molecule has 1 aliphatic heterocycles. The Morgan fingerprint density at radius 1 is 1.25 bits per heavy atom. The first-order valence-electron chi connectivity index (χ1n) is 4.44. The number of imide groups is 1. The Hall–Kier alpha value is -0.330. The number of nitrogens with one attached hydrogen (secondary N) is 1. The topological polar surface area (TPSA) is 46.2 Å². The van der Waals surface area contributed by atoms with E-state index >= 15 is 0 Å². The Bertz CT molecular complexity index is 478. The van der Waals surface area contributed by atoms with Gasteiger partial charge in [0.15, 0.2) is 0 Å². The molecule has 16 heavy (non-hydrogen) atoms. The lowest BCUT2D eigenvalue weighted by Crippen LogP contribution is -2.22. The summed E-state index contributed by atoms with van der Waals surface area (Å²) in [4.78, 5) is 22.8. The SMILES string of the molecule is O=C1NC(=O)C(c2ccc(I)cc2Cl)C1Cl. The molecule has 2 rings (SSSR count). The van der Waals surface area contributed by atoms with E-state index in [0.717, 1.165) is 3.57 Å². The number of carbonyl (C=O) groups excluding carboxylic acids is 2. The van der Waals surface area contributed by atoms with Crippen molar-refractivity contribution in [2.24, 2.45) is 0 Å². The van der Waals surface area contributed by atoms with Gasteiger partial charge in [-0.3, -0.25) is 14.9 Å². The van der Waals surface area contributed by atoms with Gasteiger partial charge >= 0.3 is 0 Å². The molecule has 0 spiro atoms. The fourth-order valence-electron chi connectivity index (χ4n) is 1.61. The summed E-state index contributed by atoms with van der Waals surface area (Å²) in [5.74, 6) is -1.56. The number of hydrogen-bond donors (Lipinski definition) is 1. The molecule has 2 atom stereocenters. The average molecular weight is 370 g/mol. The molecule has 1 aromatic rings. The molecule has 2 amide bonds. The molecule has 1 heterocycles. The van der Waals surface area contributed by atoms with Crippen molar-refractivity contribution in [3.63, 3.8) is 0 Å². The van der Waals surface area contributed by atoms with Crippen LogP contribution in [0.5, 0.6) is 0 Å². The first-order valence-corrected chi connectivity index (χ1v) is 6.33. The Balaban J connectivity index is 2.44. The van der Waals surface area contributed by atoms with Gasteiger partial charge in [0.25, 0.3) is 0 Å². The highest BCUT2D eigenvalue weighted by atomic mass is 127. The standard InChI is InChI=1S/C10H6Cl2INO2/c11-6-3-4(13)1-2-5(6)7-8(12)10(16)14-9(7)15/h1-3,7-8H,(H,14,15,16). The maximum atomic E-state index is 11.6. The highest BCUT2D eigenvalue weighted by molar-refractivity contribution is 14.1. The third kappa shape index (κ3) is 2.06. The van der Waals surface area contributed by atoms with Crippen LogP contribution < -0.4 is 5.32 Å². The largest absolute Gasteiger partial charge is 0.295 e. The van der Waals surface area contributed by atoms with Crippen LogP contribution in [0.15, 0.2) is 18.2 Å². The van der Waals surface area contributed by atoms with Gasteiger partial charge in [0, 0.05) is 8.59 Å². The molecule has 0 aliphatic carbocycles. The Labute approximate surface area is 116 Å². The highest BCUT2D eigenvalue weighted by Gasteiger charge is 2.42. The molecule has 0 bridgehead atoms. The van der Waals surface area contributed by atoms with E-state index in [1.807, 2.05) is 6.07 Å². The molecule has 1 saturated heterocycles. The summed E-state index contributed by atoms with van der Waals surface area (Å²) in [5, 5.41) is 1.75. The van der Waals surface area contributed by atoms with Gasteiger partial charge < -0.3 is 0 Å². The van der Waals surface area contributed by atoms with Gasteiger partial charge in [0.05, 0.1) is 5.92 Å². The molecule has 3 nitrogen and oxygen atoms in total. The third-order valence-corrected chi connectivity index (χ3v) is 3.82. The molecular weight excluding hydrogens is 364 g/mol. The van der Waals surface area contributed by atoms with E-state index in [4.69, 9.17) is 23.2 Å². The van der Waals surface area contributed by atoms with Crippen molar-refractivity contribution < 1.29 is 9.59 Å². The number of benzene rings is 1. The van der Waals surface area contributed by atoms with Gasteiger partial charge in [0.2, 0.25) is 11.8 Å². The van der Waals surface area contributed by atoms with E-state index in [9.17, 15) is 9.59 Å². The number of halogens is 3. The number of hydrogen-bond acceptors (Lipinski definition) is 2. The van der Waals surface area contributed by atoms with Crippen LogP contribution in [0.2, 0.25) is 5.02 Å². The molecule has 0 saturated carbocycles. The Morgan fingerprint density at radius 3 is 2.44 bits per heavy atom. The number of rotatable bonds is 1. The van der Waals surface area contributed by atoms with Crippen LogP contribution in [0.4, 0.5) is 0 Å². The van der Waals surface area contributed by atoms with Crippen LogP contribution >= 0.6 is 45.8 Å². The van der Waals surface area contributed by atoms with Crippen LogP contribution in [0.3, 0.4) is 0 Å². The lowest BCUT2D eigenvalue weighted by molar-refractivity contribution is -0.125. The summed E-state index contributed by atoms with van der Waals surface area (Å²) in [6.45, 7) is 0. The molecule has 1 aromatic carbocycles. The van der Waals surface area contributed by atoms with Crippen molar-refractivity contribution in [2.45, 2.75) is 11.3 Å². The summed E-state index contributed by atoms with van der Waals surface area (Å²) < 4.78 is 0.960. The van der Waals surface area contributed by atoms with Crippen molar-refractivity contribution in [3.05, 3.63) is 32.4 Å². The highest BCUT2D eigenvalue weighted by Crippen LogP contribution is 2.34. The minimum absolute atomic E-state index is 0.395. The summed E-state index contributed by atoms with van der Waals surface area (Å²) in [5.41, 5.74) is 0.588. The first-order chi connectivity index (χ1) is 7.50. The maximum Gasteiger partial charge on any atom is 0.245 e. The fraction of sp³-hybridized carbons (Fsp3) is 0.200. The fourth-order valence-corrected chi connectivity index (χ4v) is 2.88.